The van der Waals surface area contributed by atoms with Crippen LogP contribution in [0.1, 0.15) is 22.4 Å². The minimum absolute atomic E-state index is 0. The first-order valence-electron chi connectivity index (χ1n) is 8.39. The van der Waals surface area contributed by atoms with E-state index in [1.807, 2.05) is 18.3 Å². The normalized spacial score (nSPS) is 10.9. The Morgan fingerprint density at radius 1 is 1.26 bits per heavy atom. The first-order valence-corrected chi connectivity index (χ1v) is 10.0. The molecule has 27 heavy (non-hydrogen) atoms. The molecule has 0 bridgehead atoms. The molecule has 1 aromatic carbocycles. The maximum atomic E-state index is 5.38. The van der Waals surface area contributed by atoms with Crippen LogP contribution >= 0.6 is 51.2 Å². The monoisotopic (exact) mass is 568 g/mol. The average Bonchev–Trinajstić information content (AvgIpc) is 3.11. The highest BCUT2D eigenvalue weighted by Crippen LogP contribution is 2.36. The number of benzene rings is 1. The molecule has 2 N–H and O–H groups in total. The smallest absolute Gasteiger partial charge is 0.191 e. The van der Waals surface area contributed by atoms with Crippen LogP contribution < -0.4 is 20.1 Å². The van der Waals surface area contributed by atoms with Crippen molar-refractivity contribution in [2.24, 2.45) is 4.99 Å². The topological polar surface area (TPSA) is 67.8 Å². The number of ether oxygens (including phenoxy) is 2. The van der Waals surface area contributed by atoms with Crippen LogP contribution in [0.3, 0.4) is 0 Å². The van der Waals surface area contributed by atoms with E-state index < -0.39 is 0 Å². The molecule has 0 fully saturated rings. The number of hydrogen-bond donors (Lipinski definition) is 2. The number of rotatable bonds is 8. The summed E-state index contributed by atoms with van der Waals surface area (Å²) in [5.41, 5.74) is 1.06. The van der Waals surface area contributed by atoms with Crippen molar-refractivity contribution >= 4 is 57.2 Å². The van der Waals surface area contributed by atoms with Crippen LogP contribution in [0.2, 0.25) is 0 Å². The van der Waals surface area contributed by atoms with Crippen molar-refractivity contribution in [2.45, 2.75) is 26.3 Å². The number of halogens is 2. The fourth-order valence-electron chi connectivity index (χ4n) is 2.39. The third-order valence-corrected chi connectivity index (χ3v) is 5.55. The molecule has 2 aromatic rings. The summed E-state index contributed by atoms with van der Waals surface area (Å²) in [6, 6.07) is 3.95. The maximum Gasteiger partial charge on any atom is 0.191 e. The number of thiazole rings is 1. The van der Waals surface area contributed by atoms with Crippen molar-refractivity contribution in [3.05, 3.63) is 38.3 Å². The second-order valence-electron chi connectivity index (χ2n) is 5.49. The minimum Gasteiger partial charge on any atom is -0.493 e. The zero-order chi connectivity index (χ0) is 18.9. The third-order valence-electron chi connectivity index (χ3n) is 3.76. The Morgan fingerprint density at radius 3 is 2.63 bits per heavy atom. The Bertz CT molecular complexity index is 755. The van der Waals surface area contributed by atoms with Gasteiger partial charge in [0.05, 0.1) is 23.7 Å². The summed E-state index contributed by atoms with van der Waals surface area (Å²) in [5.74, 6) is 2.13. The van der Waals surface area contributed by atoms with Gasteiger partial charge in [-0.05, 0) is 40.0 Å². The van der Waals surface area contributed by atoms with Crippen molar-refractivity contribution in [1.29, 1.82) is 0 Å². The number of nitrogens with one attached hydrogen (secondary N) is 2. The van der Waals surface area contributed by atoms with E-state index in [1.54, 1.807) is 32.6 Å². The average molecular weight is 569 g/mol. The molecule has 0 amide bonds. The van der Waals surface area contributed by atoms with Gasteiger partial charge in [-0.3, -0.25) is 4.99 Å². The lowest BCUT2D eigenvalue weighted by molar-refractivity contribution is 0.352. The van der Waals surface area contributed by atoms with Gasteiger partial charge in [0, 0.05) is 37.6 Å². The number of hydrogen-bond acceptors (Lipinski definition) is 5. The molecule has 0 saturated heterocycles. The van der Waals surface area contributed by atoms with E-state index in [4.69, 9.17) is 9.47 Å². The molecule has 6 nitrogen and oxygen atoms in total. The molecule has 0 unspecified atom stereocenters. The Balaban J connectivity index is 0.00000364. The van der Waals surface area contributed by atoms with Crippen molar-refractivity contribution in [2.75, 3.05) is 27.8 Å². The third kappa shape index (κ3) is 7.11. The molecule has 0 saturated carbocycles. The molecular formula is C18H26BrIN4O2S. The zero-order valence-electron chi connectivity index (χ0n) is 16.0. The van der Waals surface area contributed by atoms with Gasteiger partial charge in [0.25, 0.3) is 0 Å². The molecule has 0 radical (unpaired) electrons. The molecule has 0 atom stereocenters. The SMILES string of the molecule is CCc1cnc(CCNC(=NC)NCc2cc(Br)c(OC)c(OC)c2)s1.I. The van der Waals surface area contributed by atoms with Crippen LogP contribution in [0.4, 0.5) is 0 Å². The summed E-state index contributed by atoms with van der Waals surface area (Å²) in [6.45, 7) is 3.55. The van der Waals surface area contributed by atoms with Gasteiger partial charge in [-0.25, -0.2) is 4.98 Å². The van der Waals surface area contributed by atoms with Crippen LogP contribution in [0, 0.1) is 0 Å². The van der Waals surface area contributed by atoms with Gasteiger partial charge in [-0.2, -0.15) is 0 Å². The van der Waals surface area contributed by atoms with Crippen LogP contribution in [0.25, 0.3) is 0 Å². The largest absolute Gasteiger partial charge is 0.493 e. The van der Waals surface area contributed by atoms with Crippen LogP contribution in [-0.4, -0.2) is 38.8 Å². The quantitative estimate of drug-likeness (QED) is 0.286. The van der Waals surface area contributed by atoms with Gasteiger partial charge in [0.1, 0.15) is 0 Å². The highest BCUT2D eigenvalue weighted by molar-refractivity contribution is 14.0. The van der Waals surface area contributed by atoms with Crippen molar-refractivity contribution < 1.29 is 9.47 Å². The summed E-state index contributed by atoms with van der Waals surface area (Å²) in [4.78, 5) is 10.0. The first-order chi connectivity index (χ1) is 12.6. The molecule has 1 aromatic heterocycles. The lowest BCUT2D eigenvalue weighted by Crippen LogP contribution is -2.37. The molecule has 2 rings (SSSR count). The lowest BCUT2D eigenvalue weighted by Gasteiger charge is -2.14. The van der Waals surface area contributed by atoms with Crippen LogP contribution in [0.5, 0.6) is 11.5 Å². The van der Waals surface area contributed by atoms with Crippen molar-refractivity contribution in [1.82, 2.24) is 15.6 Å². The maximum absolute atomic E-state index is 5.38. The Labute approximate surface area is 190 Å². The summed E-state index contributed by atoms with van der Waals surface area (Å²) < 4.78 is 11.6. The van der Waals surface area contributed by atoms with Crippen molar-refractivity contribution in [3.8, 4) is 11.5 Å². The lowest BCUT2D eigenvalue weighted by atomic mass is 10.2. The Morgan fingerprint density at radius 2 is 2.04 bits per heavy atom. The summed E-state index contributed by atoms with van der Waals surface area (Å²) in [7, 11) is 5.02. The van der Waals surface area contributed by atoms with E-state index in [0.29, 0.717) is 18.0 Å². The standard InChI is InChI=1S/C18H25BrN4O2S.HI/c1-5-13-11-22-16(26-13)6-7-21-18(20-2)23-10-12-8-14(19)17(25-4)15(9-12)24-3;/h8-9,11H,5-7,10H2,1-4H3,(H2,20,21,23);1H. The predicted molar refractivity (Wildman–Crippen MR) is 126 cm³/mol. The highest BCUT2D eigenvalue weighted by Gasteiger charge is 2.11. The van der Waals surface area contributed by atoms with E-state index in [-0.39, 0.29) is 24.0 Å². The minimum atomic E-state index is 0. The molecular weight excluding hydrogens is 543 g/mol. The Kier molecular flexibility index (Phi) is 11.0. The molecule has 0 spiro atoms. The second-order valence-corrected chi connectivity index (χ2v) is 7.54. The van der Waals surface area contributed by atoms with Gasteiger partial charge in [0.15, 0.2) is 17.5 Å². The van der Waals surface area contributed by atoms with E-state index in [2.05, 4.69) is 43.5 Å². The number of methoxy groups -OCH3 is 2. The van der Waals surface area contributed by atoms with Gasteiger partial charge in [-0.15, -0.1) is 35.3 Å². The zero-order valence-corrected chi connectivity index (χ0v) is 20.7. The predicted octanol–water partition coefficient (Wildman–Crippen LogP) is 4.01. The highest BCUT2D eigenvalue weighted by atomic mass is 127. The molecule has 9 heteroatoms. The second kappa shape index (κ2) is 12.4. The molecule has 0 aliphatic carbocycles. The molecule has 150 valence electrons. The first kappa shape index (κ1) is 24.0. The number of aryl methyl sites for hydroxylation is 1. The van der Waals surface area contributed by atoms with Gasteiger partial charge < -0.3 is 20.1 Å². The fourth-order valence-corrected chi connectivity index (χ4v) is 3.91. The van der Waals surface area contributed by atoms with E-state index in [9.17, 15) is 0 Å². The number of aromatic nitrogens is 1. The van der Waals surface area contributed by atoms with Crippen LogP contribution in [-0.2, 0) is 19.4 Å². The molecule has 0 aliphatic heterocycles. The van der Waals surface area contributed by atoms with Gasteiger partial charge >= 0.3 is 0 Å². The van der Waals surface area contributed by atoms with E-state index >= 15 is 0 Å². The van der Waals surface area contributed by atoms with Gasteiger partial charge in [0.2, 0.25) is 0 Å². The summed E-state index contributed by atoms with van der Waals surface area (Å²) >= 11 is 5.28. The van der Waals surface area contributed by atoms with Crippen molar-refractivity contribution in [3.63, 3.8) is 0 Å². The van der Waals surface area contributed by atoms with E-state index in [1.165, 1.54) is 4.88 Å². The number of guanidine groups is 1. The Hall–Kier alpha value is -1.07. The molecule has 0 aliphatic rings. The number of nitrogens with zero attached hydrogens (tertiary/aromatic N) is 2. The summed E-state index contributed by atoms with van der Waals surface area (Å²) in [6.07, 6.45) is 3.88. The van der Waals surface area contributed by atoms with E-state index in [0.717, 1.165) is 40.4 Å². The molecule has 1 heterocycles. The number of aliphatic imine (C=N–C) groups is 1. The van der Waals surface area contributed by atoms with Gasteiger partial charge in [-0.1, -0.05) is 6.92 Å². The summed E-state index contributed by atoms with van der Waals surface area (Å²) in [5, 5.41) is 7.78. The fraction of sp³-hybridized carbons (Fsp3) is 0.444. The van der Waals surface area contributed by atoms with Crippen LogP contribution in [0.15, 0.2) is 27.8 Å².